The molecule has 0 aliphatic heterocycles. The summed E-state index contributed by atoms with van der Waals surface area (Å²) in [6.45, 7) is 0.484. The third-order valence-corrected chi connectivity index (χ3v) is 1.62. The smallest absolute Gasteiger partial charge is 0.352 e. The van der Waals surface area contributed by atoms with Gasteiger partial charge in [-0.25, -0.2) is 4.79 Å². The van der Waals surface area contributed by atoms with E-state index in [-0.39, 0.29) is 5.69 Å². The van der Waals surface area contributed by atoms with Gasteiger partial charge in [0.2, 0.25) is 0 Å². The predicted octanol–water partition coefficient (Wildman–Crippen LogP) is 1.94. The highest BCUT2D eigenvalue weighted by atomic mass is 35.5. The second kappa shape index (κ2) is 3.97. The van der Waals surface area contributed by atoms with Gasteiger partial charge in [-0.1, -0.05) is 17.7 Å². The van der Waals surface area contributed by atoms with Crippen LogP contribution >= 0.6 is 11.6 Å². The zero-order valence-electron chi connectivity index (χ0n) is 6.27. The number of aromatic carboxylic acids is 1. The number of halogens is 1. The molecule has 0 atom stereocenters. The Kier molecular flexibility index (Phi) is 2.94. The van der Waals surface area contributed by atoms with E-state index in [1.807, 2.05) is 0 Å². The standard InChI is InChI=1S/C8H8ClNO2/c9-4-2-6-10-5-1-3-7(10)8(11)12/h1-5H,6H2,(H,11,12). The summed E-state index contributed by atoms with van der Waals surface area (Å²) in [6, 6.07) is 3.23. The molecule has 0 saturated carbocycles. The molecule has 12 heavy (non-hydrogen) atoms. The summed E-state index contributed by atoms with van der Waals surface area (Å²) >= 11 is 5.31. The highest BCUT2D eigenvalue weighted by Crippen LogP contribution is 2.02. The first-order valence-electron chi connectivity index (χ1n) is 3.39. The van der Waals surface area contributed by atoms with Crippen LogP contribution in [0.3, 0.4) is 0 Å². The third kappa shape index (κ3) is 1.89. The van der Waals surface area contributed by atoms with E-state index >= 15 is 0 Å². The molecule has 1 rings (SSSR count). The van der Waals surface area contributed by atoms with Crippen molar-refractivity contribution in [3.05, 3.63) is 35.6 Å². The number of nitrogens with zero attached hydrogens (tertiary/aromatic N) is 1. The first kappa shape index (κ1) is 8.87. The number of aromatic nitrogens is 1. The molecule has 0 aliphatic carbocycles. The van der Waals surface area contributed by atoms with Crippen LogP contribution in [0, 0.1) is 0 Å². The van der Waals surface area contributed by atoms with Crippen molar-refractivity contribution in [1.29, 1.82) is 0 Å². The average Bonchev–Trinajstić information content (AvgIpc) is 2.48. The number of allylic oxidation sites excluding steroid dienone is 1. The molecule has 4 heteroatoms. The van der Waals surface area contributed by atoms with Gasteiger partial charge in [-0.2, -0.15) is 0 Å². The van der Waals surface area contributed by atoms with Crippen molar-refractivity contribution in [1.82, 2.24) is 4.57 Å². The number of carboxylic acid groups (broad SMARTS) is 1. The van der Waals surface area contributed by atoms with Gasteiger partial charge in [0.1, 0.15) is 5.69 Å². The Morgan fingerprint density at radius 3 is 3.08 bits per heavy atom. The van der Waals surface area contributed by atoms with Gasteiger partial charge in [0.05, 0.1) is 0 Å². The lowest BCUT2D eigenvalue weighted by molar-refractivity contribution is 0.0686. The van der Waals surface area contributed by atoms with Crippen LogP contribution in [0.5, 0.6) is 0 Å². The van der Waals surface area contributed by atoms with Gasteiger partial charge in [0.15, 0.2) is 0 Å². The van der Waals surface area contributed by atoms with Crippen LogP contribution in [-0.4, -0.2) is 15.6 Å². The van der Waals surface area contributed by atoms with E-state index in [2.05, 4.69) is 0 Å². The van der Waals surface area contributed by atoms with Gasteiger partial charge >= 0.3 is 5.97 Å². The van der Waals surface area contributed by atoms with E-state index in [1.165, 1.54) is 5.54 Å². The van der Waals surface area contributed by atoms with Gasteiger partial charge < -0.3 is 9.67 Å². The Balaban J connectivity index is 2.84. The quantitative estimate of drug-likeness (QED) is 0.782. The maximum absolute atomic E-state index is 10.6. The molecule has 0 bridgehead atoms. The summed E-state index contributed by atoms with van der Waals surface area (Å²) in [5.74, 6) is -0.928. The second-order valence-electron chi connectivity index (χ2n) is 2.21. The van der Waals surface area contributed by atoms with Gasteiger partial charge in [-0.15, -0.1) is 0 Å². The van der Waals surface area contributed by atoms with Crippen molar-refractivity contribution in [2.75, 3.05) is 0 Å². The number of carboxylic acids is 1. The maximum Gasteiger partial charge on any atom is 0.352 e. The molecule has 1 heterocycles. The minimum atomic E-state index is -0.928. The van der Waals surface area contributed by atoms with E-state index in [0.717, 1.165) is 0 Å². The normalized spacial score (nSPS) is 10.8. The van der Waals surface area contributed by atoms with E-state index < -0.39 is 5.97 Å². The first-order valence-corrected chi connectivity index (χ1v) is 3.83. The Morgan fingerprint density at radius 1 is 1.75 bits per heavy atom. The van der Waals surface area contributed by atoms with Gasteiger partial charge in [-0.3, -0.25) is 0 Å². The fourth-order valence-corrected chi connectivity index (χ4v) is 1.00. The molecular formula is C8H8ClNO2. The summed E-state index contributed by atoms with van der Waals surface area (Å²) in [4.78, 5) is 10.6. The van der Waals surface area contributed by atoms with Gasteiger partial charge in [0, 0.05) is 18.3 Å². The van der Waals surface area contributed by atoms with E-state index in [4.69, 9.17) is 16.7 Å². The molecule has 0 radical (unpaired) electrons. The molecule has 0 fully saturated rings. The zero-order valence-corrected chi connectivity index (χ0v) is 7.03. The second-order valence-corrected chi connectivity index (χ2v) is 2.46. The zero-order chi connectivity index (χ0) is 8.97. The summed E-state index contributed by atoms with van der Waals surface area (Å²) in [7, 11) is 0. The van der Waals surface area contributed by atoms with Gasteiger partial charge in [-0.05, 0) is 12.1 Å². The monoisotopic (exact) mass is 185 g/mol. The molecule has 1 aromatic rings. The SMILES string of the molecule is O=C(O)c1cccn1CC=CCl. The minimum Gasteiger partial charge on any atom is -0.477 e. The Labute approximate surface area is 74.9 Å². The molecular weight excluding hydrogens is 178 g/mol. The van der Waals surface area contributed by atoms with Crippen molar-refractivity contribution < 1.29 is 9.90 Å². The Bertz CT molecular complexity index is 304. The molecule has 1 N–H and O–H groups in total. The molecule has 0 aliphatic rings. The summed E-state index contributed by atoms with van der Waals surface area (Å²) < 4.78 is 1.60. The molecule has 0 unspecified atom stereocenters. The first-order chi connectivity index (χ1) is 5.75. The lowest BCUT2D eigenvalue weighted by Gasteiger charge is -2.00. The van der Waals surface area contributed by atoms with E-state index in [9.17, 15) is 4.79 Å². The molecule has 0 amide bonds. The number of hydrogen-bond donors (Lipinski definition) is 1. The largest absolute Gasteiger partial charge is 0.477 e. The number of rotatable bonds is 3. The lowest BCUT2D eigenvalue weighted by Crippen LogP contribution is -2.06. The van der Waals surface area contributed by atoms with Crippen LogP contribution in [-0.2, 0) is 6.54 Å². The van der Waals surface area contributed by atoms with Crippen LogP contribution in [0.1, 0.15) is 10.5 Å². The minimum absolute atomic E-state index is 0.268. The van der Waals surface area contributed by atoms with E-state index in [1.54, 1.807) is 29.0 Å². The average molecular weight is 186 g/mol. The van der Waals surface area contributed by atoms with Crippen LogP contribution < -0.4 is 0 Å². The fourth-order valence-electron chi connectivity index (χ4n) is 0.921. The predicted molar refractivity (Wildman–Crippen MR) is 46.4 cm³/mol. The van der Waals surface area contributed by atoms with Gasteiger partial charge in [0.25, 0.3) is 0 Å². The Hall–Kier alpha value is -1.22. The molecule has 0 spiro atoms. The number of hydrogen-bond acceptors (Lipinski definition) is 1. The summed E-state index contributed by atoms with van der Waals surface area (Å²) in [5.41, 5.74) is 1.63. The van der Waals surface area contributed by atoms with E-state index in [0.29, 0.717) is 6.54 Å². The molecule has 0 aromatic carbocycles. The van der Waals surface area contributed by atoms with Crippen molar-refractivity contribution in [3.8, 4) is 0 Å². The number of carbonyl (C=O) groups is 1. The fraction of sp³-hybridized carbons (Fsp3) is 0.125. The molecule has 3 nitrogen and oxygen atoms in total. The van der Waals surface area contributed by atoms with Crippen LogP contribution in [0.25, 0.3) is 0 Å². The van der Waals surface area contributed by atoms with Crippen molar-refractivity contribution in [2.24, 2.45) is 0 Å². The highest BCUT2D eigenvalue weighted by molar-refractivity contribution is 6.25. The molecule has 1 aromatic heterocycles. The van der Waals surface area contributed by atoms with Crippen molar-refractivity contribution >= 4 is 17.6 Å². The highest BCUT2D eigenvalue weighted by Gasteiger charge is 2.06. The molecule has 0 saturated heterocycles. The van der Waals surface area contributed by atoms with Crippen LogP contribution in [0.2, 0.25) is 0 Å². The van der Waals surface area contributed by atoms with Crippen molar-refractivity contribution in [2.45, 2.75) is 6.54 Å². The Morgan fingerprint density at radius 2 is 2.50 bits per heavy atom. The lowest BCUT2D eigenvalue weighted by atomic mass is 10.4. The maximum atomic E-state index is 10.6. The topological polar surface area (TPSA) is 42.2 Å². The summed E-state index contributed by atoms with van der Waals surface area (Å²) in [6.07, 6.45) is 3.37. The summed E-state index contributed by atoms with van der Waals surface area (Å²) in [5, 5.41) is 8.68. The van der Waals surface area contributed by atoms with Crippen LogP contribution in [0.15, 0.2) is 29.9 Å². The third-order valence-electron chi connectivity index (χ3n) is 1.44. The molecule has 64 valence electrons. The van der Waals surface area contributed by atoms with Crippen LogP contribution in [0.4, 0.5) is 0 Å². The van der Waals surface area contributed by atoms with Crippen molar-refractivity contribution in [3.63, 3.8) is 0 Å².